The maximum atomic E-state index is 12.0. The fraction of sp³-hybridized carbons (Fsp3) is 0.312. The van der Waals surface area contributed by atoms with Crippen LogP contribution in [0.25, 0.3) is 0 Å². The highest BCUT2D eigenvalue weighted by Crippen LogP contribution is 2.27. The molecule has 128 valence electrons. The Balaban J connectivity index is 1.91. The maximum Gasteiger partial charge on any atom is 0.271 e. The third kappa shape index (κ3) is 5.63. The largest absolute Gasteiger partial charge is 0.351 e. The lowest BCUT2D eigenvalue weighted by Gasteiger charge is -2.10. The number of hydrogen-bond acceptors (Lipinski definition) is 5. The molecule has 1 aromatic heterocycles. The molecule has 0 aliphatic carbocycles. The van der Waals surface area contributed by atoms with Crippen LogP contribution in [0, 0.1) is 0 Å². The molecular formula is C16H19Cl2N5O. The molecule has 1 amide bonds. The molecule has 0 atom stereocenters. The zero-order valence-corrected chi connectivity index (χ0v) is 15.0. The maximum absolute atomic E-state index is 12.0. The number of nitrogens with zero attached hydrogens (tertiary/aromatic N) is 3. The molecule has 0 unspecified atom stereocenters. The number of hydrogen-bond donors (Lipinski definition) is 2. The summed E-state index contributed by atoms with van der Waals surface area (Å²) in [6.07, 6.45) is 0.876. The van der Waals surface area contributed by atoms with Crippen molar-refractivity contribution in [2.45, 2.75) is 6.42 Å². The van der Waals surface area contributed by atoms with Gasteiger partial charge in [0.1, 0.15) is 0 Å². The first-order chi connectivity index (χ1) is 11.5. The number of carbonyl (C=O) groups is 1. The highest BCUT2D eigenvalue weighted by molar-refractivity contribution is 6.36. The lowest BCUT2D eigenvalue weighted by atomic mass is 10.3. The highest BCUT2D eigenvalue weighted by atomic mass is 35.5. The van der Waals surface area contributed by atoms with Gasteiger partial charge >= 0.3 is 0 Å². The van der Waals surface area contributed by atoms with Crippen LogP contribution in [0.5, 0.6) is 0 Å². The first-order valence-corrected chi connectivity index (χ1v) is 8.20. The SMILES string of the molecule is CN(C)CCCNC(=O)c1ccc(Nc2ccc(Cl)cc2Cl)nn1. The molecule has 0 fully saturated rings. The van der Waals surface area contributed by atoms with Crippen LogP contribution in [0.1, 0.15) is 16.9 Å². The van der Waals surface area contributed by atoms with E-state index in [1.54, 1.807) is 30.3 Å². The van der Waals surface area contributed by atoms with Crippen LogP contribution in [0.3, 0.4) is 0 Å². The Bertz CT molecular complexity index is 691. The van der Waals surface area contributed by atoms with Gasteiger partial charge in [-0.25, -0.2) is 0 Å². The number of carbonyl (C=O) groups excluding carboxylic acids is 1. The average Bonchev–Trinajstić information content (AvgIpc) is 2.54. The van der Waals surface area contributed by atoms with Crippen LogP contribution in [0.2, 0.25) is 10.0 Å². The minimum atomic E-state index is -0.239. The summed E-state index contributed by atoms with van der Waals surface area (Å²) < 4.78 is 0. The van der Waals surface area contributed by atoms with Gasteiger partial charge in [-0.05, 0) is 57.4 Å². The summed E-state index contributed by atoms with van der Waals surface area (Å²) in [5, 5.41) is 14.8. The van der Waals surface area contributed by atoms with Crippen LogP contribution in [0.4, 0.5) is 11.5 Å². The molecule has 0 aliphatic rings. The second-order valence-electron chi connectivity index (χ2n) is 5.47. The molecule has 0 radical (unpaired) electrons. The number of aromatic nitrogens is 2. The van der Waals surface area contributed by atoms with Crippen LogP contribution in [-0.4, -0.2) is 48.2 Å². The Kier molecular flexibility index (Phi) is 6.78. The summed E-state index contributed by atoms with van der Waals surface area (Å²) in [4.78, 5) is 14.0. The molecule has 0 saturated heterocycles. The Labute approximate surface area is 151 Å². The van der Waals surface area contributed by atoms with Crippen molar-refractivity contribution in [3.8, 4) is 0 Å². The highest BCUT2D eigenvalue weighted by Gasteiger charge is 2.08. The second-order valence-corrected chi connectivity index (χ2v) is 6.31. The van der Waals surface area contributed by atoms with Gasteiger partial charge in [0.25, 0.3) is 5.91 Å². The van der Waals surface area contributed by atoms with Gasteiger partial charge in [0, 0.05) is 11.6 Å². The quantitative estimate of drug-likeness (QED) is 0.735. The molecule has 0 aliphatic heterocycles. The minimum Gasteiger partial charge on any atom is -0.351 e. The normalized spacial score (nSPS) is 10.7. The molecular weight excluding hydrogens is 349 g/mol. The monoisotopic (exact) mass is 367 g/mol. The minimum absolute atomic E-state index is 0.239. The van der Waals surface area contributed by atoms with Crippen molar-refractivity contribution >= 4 is 40.6 Å². The first-order valence-electron chi connectivity index (χ1n) is 7.44. The van der Waals surface area contributed by atoms with Crippen LogP contribution in [-0.2, 0) is 0 Å². The molecule has 2 aromatic rings. The van der Waals surface area contributed by atoms with E-state index in [2.05, 4.69) is 25.7 Å². The van der Waals surface area contributed by atoms with E-state index in [0.717, 1.165) is 13.0 Å². The predicted octanol–water partition coefficient (Wildman–Crippen LogP) is 3.21. The van der Waals surface area contributed by atoms with Crippen LogP contribution < -0.4 is 10.6 Å². The van der Waals surface area contributed by atoms with Crippen molar-refractivity contribution in [1.82, 2.24) is 20.4 Å². The average molecular weight is 368 g/mol. The van der Waals surface area contributed by atoms with Crippen molar-refractivity contribution in [2.75, 3.05) is 32.5 Å². The second kappa shape index (κ2) is 8.82. The summed E-state index contributed by atoms with van der Waals surface area (Å²) in [6, 6.07) is 8.39. The summed E-state index contributed by atoms with van der Waals surface area (Å²) in [6.45, 7) is 1.51. The molecule has 1 heterocycles. The molecule has 0 spiro atoms. The topological polar surface area (TPSA) is 70.2 Å². The van der Waals surface area contributed by atoms with Gasteiger partial charge in [0.15, 0.2) is 11.5 Å². The summed E-state index contributed by atoms with van der Waals surface area (Å²) >= 11 is 11.9. The smallest absolute Gasteiger partial charge is 0.271 e. The van der Waals surface area contributed by atoms with E-state index in [0.29, 0.717) is 28.1 Å². The van der Waals surface area contributed by atoms with Crippen molar-refractivity contribution in [3.05, 3.63) is 46.1 Å². The molecule has 2 N–H and O–H groups in total. The number of benzene rings is 1. The van der Waals surface area contributed by atoms with Crippen LogP contribution in [0.15, 0.2) is 30.3 Å². The summed E-state index contributed by atoms with van der Waals surface area (Å²) in [7, 11) is 3.98. The first kappa shape index (κ1) is 18.4. The Morgan fingerprint density at radius 1 is 1.17 bits per heavy atom. The fourth-order valence-corrected chi connectivity index (χ4v) is 2.39. The number of rotatable bonds is 7. The third-order valence-corrected chi connectivity index (χ3v) is 3.71. The Morgan fingerprint density at radius 2 is 1.96 bits per heavy atom. The fourth-order valence-electron chi connectivity index (χ4n) is 1.94. The lowest BCUT2D eigenvalue weighted by Crippen LogP contribution is -2.28. The molecule has 6 nitrogen and oxygen atoms in total. The zero-order valence-electron chi connectivity index (χ0n) is 13.5. The van der Waals surface area contributed by atoms with Crippen molar-refractivity contribution in [1.29, 1.82) is 0 Å². The van der Waals surface area contributed by atoms with Gasteiger partial charge in [-0.1, -0.05) is 23.2 Å². The number of nitrogens with one attached hydrogen (secondary N) is 2. The third-order valence-electron chi connectivity index (χ3n) is 3.16. The number of amides is 1. The van der Waals surface area contributed by atoms with Gasteiger partial charge in [0.2, 0.25) is 0 Å². The van der Waals surface area contributed by atoms with Gasteiger partial charge < -0.3 is 15.5 Å². The number of anilines is 2. The summed E-state index contributed by atoms with van der Waals surface area (Å²) in [5.41, 5.74) is 0.934. The van der Waals surface area contributed by atoms with E-state index in [9.17, 15) is 4.79 Å². The molecule has 0 saturated carbocycles. The summed E-state index contributed by atoms with van der Waals surface area (Å²) in [5.74, 6) is 0.251. The van der Waals surface area contributed by atoms with E-state index in [4.69, 9.17) is 23.2 Å². The van der Waals surface area contributed by atoms with Gasteiger partial charge in [-0.15, -0.1) is 10.2 Å². The zero-order chi connectivity index (χ0) is 17.5. The number of halogens is 2. The van der Waals surface area contributed by atoms with Crippen molar-refractivity contribution in [2.24, 2.45) is 0 Å². The van der Waals surface area contributed by atoms with Crippen molar-refractivity contribution < 1.29 is 4.79 Å². The molecule has 8 heteroatoms. The van der Waals surface area contributed by atoms with E-state index in [1.165, 1.54) is 0 Å². The molecule has 24 heavy (non-hydrogen) atoms. The van der Waals surface area contributed by atoms with E-state index < -0.39 is 0 Å². The van der Waals surface area contributed by atoms with Gasteiger partial charge in [-0.2, -0.15) is 0 Å². The Hall–Kier alpha value is -1.89. The lowest BCUT2D eigenvalue weighted by molar-refractivity contribution is 0.0946. The van der Waals surface area contributed by atoms with E-state index in [-0.39, 0.29) is 11.6 Å². The molecule has 2 rings (SSSR count). The standard InChI is InChI=1S/C16H19Cl2N5O/c1-23(2)9-3-8-19-16(24)14-6-7-15(22-21-14)20-13-5-4-11(17)10-12(13)18/h4-7,10H,3,8-9H2,1-2H3,(H,19,24)(H,20,22). The Morgan fingerprint density at radius 3 is 2.58 bits per heavy atom. The van der Waals surface area contributed by atoms with Gasteiger partial charge in [0.05, 0.1) is 10.7 Å². The predicted molar refractivity (Wildman–Crippen MR) is 97.3 cm³/mol. The van der Waals surface area contributed by atoms with E-state index >= 15 is 0 Å². The van der Waals surface area contributed by atoms with Crippen molar-refractivity contribution in [3.63, 3.8) is 0 Å². The van der Waals surface area contributed by atoms with E-state index in [1.807, 2.05) is 14.1 Å². The molecule has 1 aromatic carbocycles. The van der Waals surface area contributed by atoms with Gasteiger partial charge in [-0.3, -0.25) is 4.79 Å². The molecule has 0 bridgehead atoms. The van der Waals surface area contributed by atoms with Crippen LogP contribution >= 0.6 is 23.2 Å².